The standard InChI is InChI=1S/C14H18N2O4S/c1-20-11-4-2-3-10(7-11)5-6-15-14(19)16-9-21-8-12(16)13(17)18/h2-4,7,12H,5-6,8-9H2,1H3,(H,15,19)(H,17,18). The van der Waals surface area contributed by atoms with E-state index in [-0.39, 0.29) is 6.03 Å². The lowest BCUT2D eigenvalue weighted by molar-refractivity contribution is -0.140. The third-order valence-electron chi connectivity index (χ3n) is 3.25. The summed E-state index contributed by atoms with van der Waals surface area (Å²) in [5, 5.41) is 11.8. The van der Waals surface area contributed by atoms with E-state index < -0.39 is 12.0 Å². The van der Waals surface area contributed by atoms with E-state index in [1.165, 1.54) is 16.7 Å². The number of nitrogens with zero attached hydrogens (tertiary/aromatic N) is 1. The topological polar surface area (TPSA) is 78.9 Å². The van der Waals surface area contributed by atoms with Crippen LogP contribution in [0.2, 0.25) is 0 Å². The summed E-state index contributed by atoms with van der Waals surface area (Å²) in [6.45, 7) is 0.458. The average molecular weight is 310 g/mol. The highest BCUT2D eigenvalue weighted by atomic mass is 32.2. The Labute approximate surface area is 127 Å². The van der Waals surface area contributed by atoms with Gasteiger partial charge in [-0.15, -0.1) is 11.8 Å². The molecule has 0 aliphatic carbocycles. The van der Waals surface area contributed by atoms with Crippen molar-refractivity contribution >= 4 is 23.8 Å². The number of rotatable bonds is 5. The van der Waals surface area contributed by atoms with Gasteiger partial charge in [-0.05, 0) is 24.1 Å². The van der Waals surface area contributed by atoms with Gasteiger partial charge in [0, 0.05) is 12.3 Å². The van der Waals surface area contributed by atoms with Crippen LogP contribution in [0.1, 0.15) is 5.56 Å². The number of urea groups is 1. The largest absolute Gasteiger partial charge is 0.497 e. The first-order valence-electron chi connectivity index (χ1n) is 6.60. The molecule has 1 saturated heterocycles. The number of hydrogen-bond acceptors (Lipinski definition) is 4. The summed E-state index contributed by atoms with van der Waals surface area (Å²) in [6, 6.07) is 6.58. The molecule has 21 heavy (non-hydrogen) atoms. The zero-order chi connectivity index (χ0) is 15.2. The number of aliphatic carboxylic acids is 1. The smallest absolute Gasteiger partial charge is 0.327 e. The molecule has 0 aromatic heterocycles. The van der Waals surface area contributed by atoms with Gasteiger partial charge in [0.2, 0.25) is 0 Å². The van der Waals surface area contributed by atoms with Gasteiger partial charge in [0.05, 0.1) is 13.0 Å². The summed E-state index contributed by atoms with van der Waals surface area (Å²) in [5.74, 6) is 0.685. The Morgan fingerprint density at radius 2 is 2.33 bits per heavy atom. The molecular formula is C14H18N2O4S. The normalized spacial score (nSPS) is 17.6. The highest BCUT2D eigenvalue weighted by Gasteiger charge is 2.34. The maximum Gasteiger partial charge on any atom is 0.327 e. The Morgan fingerprint density at radius 1 is 1.52 bits per heavy atom. The number of carbonyl (C=O) groups excluding carboxylic acids is 1. The van der Waals surface area contributed by atoms with Crippen LogP contribution in [-0.4, -0.2) is 53.3 Å². The maximum atomic E-state index is 12.0. The number of carboxylic acid groups (broad SMARTS) is 1. The summed E-state index contributed by atoms with van der Waals surface area (Å²) in [6.07, 6.45) is 0.668. The molecule has 7 heteroatoms. The number of carbonyl (C=O) groups is 2. The van der Waals surface area contributed by atoms with Crippen molar-refractivity contribution in [3.05, 3.63) is 29.8 Å². The minimum atomic E-state index is -0.956. The number of nitrogens with one attached hydrogen (secondary N) is 1. The van der Waals surface area contributed by atoms with E-state index in [9.17, 15) is 9.59 Å². The molecule has 0 spiro atoms. The van der Waals surface area contributed by atoms with Crippen LogP contribution in [0.4, 0.5) is 4.79 Å². The Kier molecular flexibility index (Phi) is 5.32. The second-order valence-electron chi connectivity index (χ2n) is 4.66. The van der Waals surface area contributed by atoms with Crippen molar-refractivity contribution in [1.29, 1.82) is 0 Å². The summed E-state index contributed by atoms with van der Waals surface area (Å²) < 4.78 is 5.14. The lowest BCUT2D eigenvalue weighted by Crippen LogP contribution is -2.47. The molecule has 1 aliphatic heterocycles. The molecule has 1 atom stereocenters. The van der Waals surface area contributed by atoms with Crippen LogP contribution in [0.5, 0.6) is 5.75 Å². The highest BCUT2D eigenvalue weighted by Crippen LogP contribution is 2.20. The number of methoxy groups -OCH3 is 1. The molecule has 2 rings (SSSR count). The molecule has 0 bridgehead atoms. The Balaban J connectivity index is 1.82. The summed E-state index contributed by atoms with van der Waals surface area (Å²) in [4.78, 5) is 24.4. The predicted molar refractivity (Wildman–Crippen MR) is 80.7 cm³/mol. The lowest BCUT2D eigenvalue weighted by atomic mass is 10.1. The maximum absolute atomic E-state index is 12.0. The van der Waals surface area contributed by atoms with Crippen molar-refractivity contribution in [2.24, 2.45) is 0 Å². The Morgan fingerprint density at radius 3 is 3.05 bits per heavy atom. The first-order valence-corrected chi connectivity index (χ1v) is 7.75. The van der Waals surface area contributed by atoms with Crippen molar-refractivity contribution in [2.45, 2.75) is 12.5 Å². The van der Waals surface area contributed by atoms with E-state index >= 15 is 0 Å². The molecule has 0 saturated carbocycles. The molecule has 1 aromatic rings. The van der Waals surface area contributed by atoms with E-state index in [0.29, 0.717) is 24.6 Å². The van der Waals surface area contributed by atoms with Gasteiger partial charge in [-0.3, -0.25) is 0 Å². The second kappa shape index (κ2) is 7.21. The first-order chi connectivity index (χ1) is 10.1. The molecule has 114 valence electrons. The van der Waals surface area contributed by atoms with E-state index in [1.807, 2.05) is 24.3 Å². The minimum absolute atomic E-state index is 0.324. The molecule has 6 nitrogen and oxygen atoms in total. The van der Waals surface area contributed by atoms with Gasteiger partial charge in [0.1, 0.15) is 11.8 Å². The summed E-state index contributed by atoms with van der Waals surface area (Å²) in [7, 11) is 1.61. The van der Waals surface area contributed by atoms with Crippen molar-refractivity contribution in [2.75, 3.05) is 25.3 Å². The number of hydrogen-bond donors (Lipinski definition) is 2. The SMILES string of the molecule is COc1cccc(CCNC(=O)N2CSCC2C(=O)O)c1. The average Bonchev–Trinajstić information content (AvgIpc) is 2.97. The quantitative estimate of drug-likeness (QED) is 0.859. The van der Waals surface area contributed by atoms with Gasteiger partial charge in [-0.2, -0.15) is 0 Å². The summed E-state index contributed by atoms with van der Waals surface area (Å²) in [5.41, 5.74) is 1.06. The first kappa shape index (κ1) is 15.5. The Hall–Kier alpha value is -1.89. The van der Waals surface area contributed by atoms with Gasteiger partial charge in [0.25, 0.3) is 0 Å². The zero-order valence-corrected chi connectivity index (χ0v) is 12.6. The van der Waals surface area contributed by atoms with Crippen molar-refractivity contribution < 1.29 is 19.4 Å². The highest BCUT2D eigenvalue weighted by molar-refractivity contribution is 7.99. The van der Waals surface area contributed by atoms with Crippen LogP contribution in [0.15, 0.2) is 24.3 Å². The molecule has 1 heterocycles. The zero-order valence-electron chi connectivity index (χ0n) is 11.7. The second-order valence-corrected chi connectivity index (χ2v) is 5.66. The van der Waals surface area contributed by atoms with Crippen LogP contribution in [-0.2, 0) is 11.2 Å². The van der Waals surface area contributed by atoms with E-state index in [1.54, 1.807) is 7.11 Å². The van der Waals surface area contributed by atoms with Crippen LogP contribution in [0.25, 0.3) is 0 Å². The summed E-state index contributed by atoms with van der Waals surface area (Å²) >= 11 is 1.45. The predicted octanol–water partition coefficient (Wildman–Crippen LogP) is 1.41. The fraction of sp³-hybridized carbons (Fsp3) is 0.429. The third kappa shape index (κ3) is 4.04. The monoisotopic (exact) mass is 310 g/mol. The molecule has 1 aliphatic rings. The molecule has 1 aromatic carbocycles. The fourth-order valence-corrected chi connectivity index (χ4v) is 3.24. The van der Waals surface area contributed by atoms with E-state index in [0.717, 1.165) is 11.3 Å². The molecular weight excluding hydrogens is 292 g/mol. The molecule has 1 unspecified atom stereocenters. The van der Waals surface area contributed by atoms with Gasteiger partial charge in [-0.1, -0.05) is 12.1 Å². The number of amides is 2. The number of carboxylic acids is 1. The van der Waals surface area contributed by atoms with Crippen LogP contribution < -0.4 is 10.1 Å². The third-order valence-corrected chi connectivity index (χ3v) is 4.26. The van der Waals surface area contributed by atoms with E-state index in [2.05, 4.69) is 5.32 Å². The molecule has 2 amide bonds. The minimum Gasteiger partial charge on any atom is -0.497 e. The van der Waals surface area contributed by atoms with Gasteiger partial charge in [-0.25, -0.2) is 9.59 Å². The number of benzene rings is 1. The Bertz CT molecular complexity index is 523. The van der Waals surface area contributed by atoms with E-state index in [4.69, 9.17) is 9.84 Å². The van der Waals surface area contributed by atoms with Gasteiger partial charge >= 0.3 is 12.0 Å². The fourth-order valence-electron chi connectivity index (χ4n) is 2.09. The molecule has 2 N–H and O–H groups in total. The molecule has 1 fully saturated rings. The van der Waals surface area contributed by atoms with Crippen molar-refractivity contribution in [3.8, 4) is 5.75 Å². The van der Waals surface area contributed by atoms with Crippen molar-refractivity contribution in [1.82, 2.24) is 10.2 Å². The van der Waals surface area contributed by atoms with Crippen LogP contribution in [0.3, 0.4) is 0 Å². The van der Waals surface area contributed by atoms with Crippen LogP contribution in [0, 0.1) is 0 Å². The molecule has 0 radical (unpaired) electrons. The van der Waals surface area contributed by atoms with Crippen molar-refractivity contribution in [3.63, 3.8) is 0 Å². The van der Waals surface area contributed by atoms with Crippen LogP contribution >= 0.6 is 11.8 Å². The number of ether oxygens (including phenoxy) is 1. The lowest BCUT2D eigenvalue weighted by Gasteiger charge is -2.20. The number of thioether (sulfide) groups is 1. The van der Waals surface area contributed by atoms with Gasteiger partial charge < -0.3 is 20.1 Å². The van der Waals surface area contributed by atoms with Gasteiger partial charge in [0.15, 0.2) is 0 Å².